The van der Waals surface area contributed by atoms with Crippen LogP contribution >= 0.6 is 0 Å². The molecule has 2 saturated carbocycles. The molecule has 1 unspecified atom stereocenters. The fourth-order valence-electron chi connectivity index (χ4n) is 2.09. The Bertz CT molecular complexity index is 352. The third-order valence-electron chi connectivity index (χ3n) is 3.55. The van der Waals surface area contributed by atoms with Crippen LogP contribution in [0.4, 0.5) is 0 Å². The summed E-state index contributed by atoms with van der Waals surface area (Å²) in [6.45, 7) is 0.688. The van der Waals surface area contributed by atoms with Gasteiger partial charge in [0.15, 0.2) is 0 Å². The lowest BCUT2D eigenvalue weighted by Gasteiger charge is -2.12. The number of hydrogen-bond acceptors (Lipinski definition) is 2. The average molecular weight is 217 g/mol. The van der Waals surface area contributed by atoms with E-state index in [-0.39, 0.29) is 6.10 Å². The van der Waals surface area contributed by atoms with Crippen LogP contribution in [0.5, 0.6) is 0 Å². The van der Waals surface area contributed by atoms with E-state index < -0.39 is 0 Å². The molecule has 0 spiro atoms. The van der Waals surface area contributed by atoms with Crippen LogP contribution in [0, 0.1) is 0 Å². The van der Waals surface area contributed by atoms with Crippen LogP contribution < -0.4 is 5.32 Å². The third-order valence-corrected chi connectivity index (χ3v) is 3.55. The molecule has 2 fully saturated rings. The highest BCUT2D eigenvalue weighted by molar-refractivity contribution is 5.29. The molecule has 0 saturated heterocycles. The van der Waals surface area contributed by atoms with E-state index >= 15 is 0 Å². The molecule has 1 atom stereocenters. The summed E-state index contributed by atoms with van der Waals surface area (Å²) in [7, 11) is 0. The van der Waals surface area contributed by atoms with Crippen molar-refractivity contribution in [3.63, 3.8) is 0 Å². The summed E-state index contributed by atoms with van der Waals surface area (Å²) in [6, 6.07) is 9.17. The molecule has 0 heterocycles. The summed E-state index contributed by atoms with van der Waals surface area (Å²) in [6.07, 6.45) is 4.87. The molecule has 2 aliphatic carbocycles. The van der Waals surface area contributed by atoms with Crippen molar-refractivity contribution in [2.24, 2.45) is 0 Å². The molecule has 0 radical (unpaired) electrons. The van der Waals surface area contributed by atoms with Gasteiger partial charge in [0.05, 0.1) is 6.10 Å². The van der Waals surface area contributed by atoms with Crippen molar-refractivity contribution in [3.05, 3.63) is 35.4 Å². The molecule has 86 valence electrons. The van der Waals surface area contributed by atoms with Gasteiger partial charge in [0.25, 0.3) is 0 Å². The summed E-state index contributed by atoms with van der Waals surface area (Å²) in [5.74, 6) is 0.802. The van der Waals surface area contributed by atoms with Gasteiger partial charge < -0.3 is 10.4 Å². The summed E-state index contributed by atoms with van der Waals surface area (Å²) in [4.78, 5) is 0. The smallest absolute Gasteiger partial charge is 0.0914 e. The Morgan fingerprint density at radius 3 is 2.38 bits per heavy atom. The van der Waals surface area contributed by atoms with Crippen LogP contribution in [-0.4, -0.2) is 17.7 Å². The minimum Gasteiger partial charge on any atom is -0.387 e. The lowest BCUT2D eigenvalue weighted by Crippen LogP contribution is -2.23. The Morgan fingerprint density at radius 2 is 1.81 bits per heavy atom. The van der Waals surface area contributed by atoms with Gasteiger partial charge in [-0.2, -0.15) is 0 Å². The summed E-state index contributed by atoms with van der Waals surface area (Å²) < 4.78 is 0. The first kappa shape index (κ1) is 10.3. The van der Waals surface area contributed by atoms with Gasteiger partial charge in [0, 0.05) is 12.6 Å². The number of nitrogens with one attached hydrogen (secondary N) is 1. The molecule has 2 N–H and O–H groups in total. The highest BCUT2D eigenvalue weighted by Crippen LogP contribution is 2.40. The molecule has 2 heteroatoms. The van der Waals surface area contributed by atoms with Crippen molar-refractivity contribution in [1.29, 1.82) is 0 Å². The van der Waals surface area contributed by atoms with Crippen LogP contribution in [0.25, 0.3) is 0 Å². The van der Waals surface area contributed by atoms with Crippen molar-refractivity contribution in [3.8, 4) is 0 Å². The molecular formula is C14H19NO. The van der Waals surface area contributed by atoms with E-state index in [0.29, 0.717) is 12.6 Å². The van der Waals surface area contributed by atoms with Crippen LogP contribution in [0.3, 0.4) is 0 Å². The van der Waals surface area contributed by atoms with Crippen LogP contribution in [0.2, 0.25) is 0 Å². The van der Waals surface area contributed by atoms with Crippen molar-refractivity contribution in [1.82, 2.24) is 5.32 Å². The maximum absolute atomic E-state index is 9.98. The number of rotatable bonds is 5. The van der Waals surface area contributed by atoms with Crippen LogP contribution in [-0.2, 0) is 0 Å². The Labute approximate surface area is 96.7 Å². The number of aliphatic hydroxyl groups excluding tert-OH is 1. The van der Waals surface area contributed by atoms with Crippen molar-refractivity contribution in [2.75, 3.05) is 6.54 Å². The van der Waals surface area contributed by atoms with E-state index in [9.17, 15) is 5.11 Å². The van der Waals surface area contributed by atoms with E-state index in [1.165, 1.54) is 31.2 Å². The quantitative estimate of drug-likeness (QED) is 0.793. The molecule has 0 bridgehead atoms. The SMILES string of the molecule is OC(CNC1CC1)c1ccc(C2CC2)cc1. The van der Waals surface area contributed by atoms with Gasteiger partial charge in [0.2, 0.25) is 0 Å². The second-order valence-electron chi connectivity index (χ2n) is 5.14. The normalized spacial score (nSPS) is 22.1. The fraction of sp³-hybridized carbons (Fsp3) is 0.571. The van der Waals surface area contributed by atoms with E-state index in [1.54, 1.807) is 0 Å². The average Bonchev–Trinajstić information content (AvgIpc) is 3.19. The van der Waals surface area contributed by atoms with Gasteiger partial charge in [-0.1, -0.05) is 24.3 Å². The van der Waals surface area contributed by atoms with E-state index in [2.05, 4.69) is 29.6 Å². The predicted octanol–water partition coefficient (Wildman–Crippen LogP) is 2.35. The first-order valence-electron chi connectivity index (χ1n) is 6.34. The summed E-state index contributed by atoms with van der Waals surface area (Å²) in [5.41, 5.74) is 2.48. The maximum Gasteiger partial charge on any atom is 0.0914 e. The number of aliphatic hydroxyl groups is 1. The monoisotopic (exact) mass is 217 g/mol. The Hall–Kier alpha value is -0.860. The molecule has 1 aromatic rings. The second kappa shape index (κ2) is 4.19. The number of benzene rings is 1. The van der Waals surface area contributed by atoms with Crippen LogP contribution in [0.15, 0.2) is 24.3 Å². The minimum absolute atomic E-state index is 0.353. The zero-order chi connectivity index (χ0) is 11.0. The molecule has 2 aliphatic rings. The van der Waals surface area contributed by atoms with E-state index in [0.717, 1.165) is 11.5 Å². The Kier molecular flexibility index (Phi) is 2.70. The van der Waals surface area contributed by atoms with Crippen molar-refractivity contribution < 1.29 is 5.11 Å². The van der Waals surface area contributed by atoms with Gasteiger partial charge in [-0.3, -0.25) is 0 Å². The Morgan fingerprint density at radius 1 is 1.12 bits per heavy atom. The molecular weight excluding hydrogens is 198 g/mol. The molecule has 16 heavy (non-hydrogen) atoms. The second-order valence-corrected chi connectivity index (χ2v) is 5.14. The molecule has 0 aliphatic heterocycles. The van der Waals surface area contributed by atoms with Gasteiger partial charge in [0.1, 0.15) is 0 Å². The topological polar surface area (TPSA) is 32.3 Å². The van der Waals surface area contributed by atoms with Crippen molar-refractivity contribution in [2.45, 2.75) is 43.7 Å². The molecule has 0 amide bonds. The standard InChI is InChI=1S/C14H19NO/c16-14(9-15-13-7-8-13)12-5-3-11(4-6-12)10-1-2-10/h3-6,10,13-16H,1-2,7-9H2. The molecule has 1 aromatic carbocycles. The Balaban J connectivity index is 1.58. The molecule has 0 aromatic heterocycles. The fourth-order valence-corrected chi connectivity index (χ4v) is 2.09. The maximum atomic E-state index is 9.98. The highest BCUT2D eigenvalue weighted by Gasteiger charge is 2.24. The van der Waals surface area contributed by atoms with Crippen LogP contribution in [0.1, 0.15) is 48.8 Å². The summed E-state index contributed by atoms with van der Waals surface area (Å²) >= 11 is 0. The lowest BCUT2D eigenvalue weighted by molar-refractivity contribution is 0.174. The first-order chi connectivity index (χ1) is 7.83. The lowest BCUT2D eigenvalue weighted by atomic mass is 10.0. The van der Waals surface area contributed by atoms with Gasteiger partial charge in [-0.05, 0) is 42.7 Å². The zero-order valence-electron chi connectivity index (χ0n) is 9.52. The summed E-state index contributed by atoms with van der Waals surface area (Å²) in [5, 5.41) is 13.3. The molecule has 3 rings (SSSR count). The van der Waals surface area contributed by atoms with Gasteiger partial charge >= 0.3 is 0 Å². The first-order valence-corrected chi connectivity index (χ1v) is 6.34. The zero-order valence-corrected chi connectivity index (χ0v) is 9.52. The van der Waals surface area contributed by atoms with E-state index in [1.807, 2.05) is 0 Å². The van der Waals surface area contributed by atoms with Gasteiger partial charge in [-0.15, -0.1) is 0 Å². The highest BCUT2D eigenvalue weighted by atomic mass is 16.3. The van der Waals surface area contributed by atoms with Gasteiger partial charge in [-0.25, -0.2) is 0 Å². The minimum atomic E-state index is -0.353. The molecule has 2 nitrogen and oxygen atoms in total. The van der Waals surface area contributed by atoms with E-state index in [4.69, 9.17) is 0 Å². The third kappa shape index (κ3) is 2.45. The number of hydrogen-bond donors (Lipinski definition) is 2. The largest absolute Gasteiger partial charge is 0.387 e. The van der Waals surface area contributed by atoms with Crippen molar-refractivity contribution >= 4 is 0 Å². The predicted molar refractivity (Wildman–Crippen MR) is 64.4 cm³/mol.